The first-order chi connectivity index (χ1) is 17.8. The smallest absolute Gasteiger partial charge is 0.254 e. The van der Waals surface area contributed by atoms with Gasteiger partial charge in [0, 0.05) is 27.2 Å². The minimum Gasteiger partial charge on any atom is -0.497 e. The molecule has 10 nitrogen and oxygen atoms in total. The standard InChI is InChI=1S/C26H28N2O8S/c1-35-15-6-7-17-18(24(33)27-26(13-30)23(32)22(31)20(12-29)36-25(26)34)11-28(19(17)9-15)10-16-8-14-4-2-3-5-21(14)37-16/h2-9,11,20,22-23,25,29-32,34H,10,12-13H2,1H3,(H,27,33)/t20-,22-,23+,25?,26-/m1/s1. The fraction of sp³-hybridized carbons (Fsp3) is 0.346. The number of nitrogens with one attached hydrogen (secondary N) is 1. The quantitative estimate of drug-likeness (QED) is 0.206. The number of aliphatic hydroxyl groups is 5. The number of carbonyl (C=O) groups is 1. The zero-order valence-corrected chi connectivity index (χ0v) is 20.8. The molecule has 2 aromatic heterocycles. The van der Waals surface area contributed by atoms with Crippen LogP contribution >= 0.6 is 11.3 Å². The van der Waals surface area contributed by atoms with E-state index in [1.165, 1.54) is 0 Å². The van der Waals surface area contributed by atoms with Crippen LogP contribution in [0.3, 0.4) is 0 Å². The Labute approximate surface area is 215 Å². The van der Waals surface area contributed by atoms with Crippen LogP contribution in [0, 0.1) is 0 Å². The maximum absolute atomic E-state index is 13.5. The average molecular weight is 529 g/mol. The van der Waals surface area contributed by atoms with Crippen molar-refractivity contribution in [3.05, 3.63) is 65.2 Å². The van der Waals surface area contributed by atoms with E-state index in [2.05, 4.69) is 11.4 Å². The molecule has 37 heavy (non-hydrogen) atoms. The van der Waals surface area contributed by atoms with Gasteiger partial charge >= 0.3 is 0 Å². The maximum Gasteiger partial charge on any atom is 0.254 e. The van der Waals surface area contributed by atoms with Gasteiger partial charge in [0.2, 0.25) is 0 Å². The van der Waals surface area contributed by atoms with E-state index in [0.717, 1.165) is 20.5 Å². The van der Waals surface area contributed by atoms with Crippen molar-refractivity contribution in [2.24, 2.45) is 0 Å². The monoisotopic (exact) mass is 528 g/mol. The third-order valence-corrected chi connectivity index (χ3v) is 8.00. The summed E-state index contributed by atoms with van der Waals surface area (Å²) in [6.45, 7) is -1.12. The zero-order chi connectivity index (χ0) is 26.3. The highest BCUT2D eigenvalue weighted by Gasteiger charge is 2.56. The third-order valence-electron chi connectivity index (χ3n) is 6.90. The highest BCUT2D eigenvalue weighted by Crippen LogP contribution is 2.32. The van der Waals surface area contributed by atoms with E-state index < -0.39 is 49.3 Å². The Hall–Kier alpha value is -3.03. The Morgan fingerprint density at radius 1 is 1.16 bits per heavy atom. The molecule has 0 spiro atoms. The number of amides is 1. The Morgan fingerprint density at radius 3 is 2.65 bits per heavy atom. The van der Waals surface area contributed by atoms with Gasteiger partial charge < -0.3 is 44.9 Å². The lowest BCUT2D eigenvalue weighted by Gasteiger charge is -2.48. The third kappa shape index (κ3) is 4.38. The summed E-state index contributed by atoms with van der Waals surface area (Å²) < 4.78 is 13.6. The SMILES string of the molecule is COc1ccc2c(C(=O)N[C@@]3(CO)C(O)O[C@H](CO)[C@@H](O)[C@@H]3O)cn(Cc3cc4ccccc4s3)c2c1. The molecule has 6 N–H and O–H groups in total. The van der Waals surface area contributed by atoms with E-state index in [1.807, 2.05) is 34.9 Å². The van der Waals surface area contributed by atoms with E-state index in [4.69, 9.17) is 9.47 Å². The summed E-state index contributed by atoms with van der Waals surface area (Å²) in [7, 11) is 1.55. The van der Waals surface area contributed by atoms with Crippen LogP contribution in [0.25, 0.3) is 21.0 Å². The van der Waals surface area contributed by atoms with Crippen LogP contribution < -0.4 is 10.1 Å². The summed E-state index contributed by atoms with van der Waals surface area (Å²) in [4.78, 5) is 14.6. The first-order valence-electron chi connectivity index (χ1n) is 11.7. The Bertz CT molecular complexity index is 1400. The second-order valence-electron chi connectivity index (χ2n) is 9.10. The molecule has 1 aliphatic heterocycles. The minimum absolute atomic E-state index is 0.227. The van der Waals surface area contributed by atoms with Crippen molar-refractivity contribution in [2.45, 2.75) is 36.7 Å². The summed E-state index contributed by atoms with van der Waals surface area (Å²) >= 11 is 1.65. The summed E-state index contributed by atoms with van der Waals surface area (Å²) in [5, 5.41) is 55.3. The maximum atomic E-state index is 13.5. The fourth-order valence-corrected chi connectivity index (χ4v) is 5.85. The van der Waals surface area contributed by atoms with E-state index in [1.54, 1.807) is 36.8 Å². The average Bonchev–Trinajstić information content (AvgIpc) is 3.49. The molecule has 11 heteroatoms. The highest BCUT2D eigenvalue weighted by molar-refractivity contribution is 7.19. The molecule has 1 fully saturated rings. The van der Waals surface area contributed by atoms with Crippen LogP contribution in [0.5, 0.6) is 5.75 Å². The second kappa shape index (κ2) is 10.0. The molecule has 5 rings (SSSR count). The molecule has 3 heterocycles. The van der Waals surface area contributed by atoms with Gasteiger partial charge in [-0.2, -0.15) is 0 Å². The first kappa shape index (κ1) is 25.6. The molecule has 1 amide bonds. The van der Waals surface area contributed by atoms with Crippen LogP contribution in [0.1, 0.15) is 15.2 Å². The van der Waals surface area contributed by atoms with Gasteiger partial charge in [0.25, 0.3) is 5.91 Å². The van der Waals surface area contributed by atoms with Crippen LogP contribution in [0.15, 0.2) is 54.7 Å². The summed E-state index contributed by atoms with van der Waals surface area (Å²) in [6.07, 6.45) is -4.97. The van der Waals surface area contributed by atoms with Crippen LogP contribution in [-0.2, 0) is 11.3 Å². The van der Waals surface area contributed by atoms with Gasteiger partial charge in [-0.05, 0) is 29.7 Å². The number of methoxy groups -OCH3 is 1. The molecular formula is C26H28N2O8S. The summed E-state index contributed by atoms with van der Waals surface area (Å²) in [5.41, 5.74) is -1.17. The van der Waals surface area contributed by atoms with Crippen LogP contribution in [-0.4, -0.2) is 86.5 Å². The van der Waals surface area contributed by atoms with Gasteiger partial charge in [0.15, 0.2) is 6.29 Å². The Morgan fingerprint density at radius 2 is 1.95 bits per heavy atom. The van der Waals surface area contributed by atoms with E-state index >= 15 is 0 Å². The molecule has 4 aromatic rings. The van der Waals surface area contributed by atoms with Gasteiger partial charge in [-0.3, -0.25) is 4.79 Å². The molecule has 0 aliphatic carbocycles. The summed E-state index contributed by atoms with van der Waals surface area (Å²) in [5.74, 6) is -0.0951. The number of nitrogens with zero attached hydrogens (tertiary/aromatic N) is 1. The van der Waals surface area contributed by atoms with Crippen molar-refractivity contribution in [2.75, 3.05) is 20.3 Å². The van der Waals surface area contributed by atoms with Gasteiger partial charge in [0.1, 0.15) is 29.6 Å². The number of fused-ring (bicyclic) bond motifs is 2. The number of thiophene rings is 1. The van der Waals surface area contributed by atoms with E-state index in [0.29, 0.717) is 17.7 Å². The Kier molecular flexibility index (Phi) is 6.94. The normalized spacial score (nSPS) is 26.0. The van der Waals surface area contributed by atoms with Crippen LogP contribution in [0.2, 0.25) is 0 Å². The lowest BCUT2D eigenvalue weighted by Crippen LogP contribution is -2.74. The Balaban J connectivity index is 1.52. The number of carbonyl (C=O) groups excluding carboxylic acids is 1. The van der Waals surface area contributed by atoms with Crippen molar-refractivity contribution < 1.29 is 39.8 Å². The van der Waals surface area contributed by atoms with Crippen molar-refractivity contribution in [3.8, 4) is 5.75 Å². The van der Waals surface area contributed by atoms with Gasteiger partial charge in [-0.1, -0.05) is 18.2 Å². The number of aromatic nitrogens is 1. The molecular weight excluding hydrogens is 500 g/mol. The summed E-state index contributed by atoms with van der Waals surface area (Å²) in [6, 6.07) is 15.4. The fourth-order valence-electron chi connectivity index (χ4n) is 4.79. The minimum atomic E-state index is -2.12. The number of hydrogen-bond acceptors (Lipinski definition) is 9. The van der Waals surface area contributed by atoms with Crippen molar-refractivity contribution in [1.29, 1.82) is 0 Å². The molecule has 196 valence electrons. The largest absolute Gasteiger partial charge is 0.497 e. The highest BCUT2D eigenvalue weighted by atomic mass is 32.1. The lowest BCUT2D eigenvalue weighted by molar-refractivity contribution is -0.288. The van der Waals surface area contributed by atoms with Crippen molar-refractivity contribution in [1.82, 2.24) is 9.88 Å². The molecule has 1 unspecified atom stereocenters. The second-order valence-corrected chi connectivity index (χ2v) is 10.3. The molecule has 5 atom stereocenters. The lowest BCUT2D eigenvalue weighted by atomic mass is 9.83. The predicted molar refractivity (Wildman–Crippen MR) is 137 cm³/mol. The van der Waals surface area contributed by atoms with Crippen molar-refractivity contribution >= 4 is 38.2 Å². The molecule has 0 bridgehead atoms. The van der Waals surface area contributed by atoms with Crippen LogP contribution in [0.4, 0.5) is 0 Å². The zero-order valence-electron chi connectivity index (χ0n) is 19.9. The number of rotatable bonds is 7. The van der Waals surface area contributed by atoms with Gasteiger partial charge in [-0.15, -0.1) is 11.3 Å². The molecule has 2 aromatic carbocycles. The number of hydrogen-bond donors (Lipinski definition) is 6. The number of benzene rings is 2. The van der Waals surface area contributed by atoms with Crippen molar-refractivity contribution in [3.63, 3.8) is 0 Å². The topological polar surface area (TPSA) is 154 Å². The number of aliphatic hydroxyl groups excluding tert-OH is 5. The van der Waals surface area contributed by atoms with E-state index in [9.17, 15) is 30.3 Å². The van der Waals surface area contributed by atoms with Gasteiger partial charge in [-0.25, -0.2) is 0 Å². The predicted octanol–water partition coefficient (Wildman–Crippen LogP) is 0.805. The van der Waals surface area contributed by atoms with Gasteiger partial charge in [0.05, 0.1) is 37.9 Å². The molecule has 0 saturated carbocycles. The van der Waals surface area contributed by atoms with E-state index in [-0.39, 0.29) is 5.56 Å². The molecule has 1 aliphatic rings. The first-order valence-corrected chi connectivity index (χ1v) is 12.5. The molecule has 1 saturated heterocycles. The number of ether oxygens (including phenoxy) is 2. The molecule has 0 radical (unpaired) electrons.